The molecule has 0 saturated heterocycles. The Bertz CT molecular complexity index is 705. The minimum Gasteiger partial charge on any atom is -0.383 e. The molecule has 0 saturated carbocycles. The summed E-state index contributed by atoms with van der Waals surface area (Å²) in [5.41, 5.74) is 2.10. The molecule has 0 bridgehead atoms. The molecule has 0 atom stereocenters. The van der Waals surface area contributed by atoms with Gasteiger partial charge in [0.2, 0.25) is 0 Å². The first-order valence-corrected chi connectivity index (χ1v) is 12.0. The maximum atomic E-state index is 12.2. The average Bonchev–Trinajstić information content (AvgIpc) is 2.86. The van der Waals surface area contributed by atoms with Crippen molar-refractivity contribution < 1.29 is 9.47 Å². The lowest BCUT2D eigenvalue weighted by Crippen LogP contribution is -2.24. The van der Waals surface area contributed by atoms with Gasteiger partial charge in [0, 0.05) is 40.6 Å². The van der Waals surface area contributed by atoms with E-state index in [4.69, 9.17) is 9.47 Å². The Morgan fingerprint density at radius 1 is 1.33 bits per heavy atom. The number of nitrogens with one attached hydrogen (secondary N) is 2. The van der Waals surface area contributed by atoms with Crippen LogP contribution in [0.15, 0.2) is 17.2 Å². The number of hydrogen-bond donors (Lipinski definition) is 2. The van der Waals surface area contributed by atoms with Crippen LogP contribution in [0.25, 0.3) is 11.0 Å². The zero-order valence-electron chi connectivity index (χ0n) is 15.0. The van der Waals surface area contributed by atoms with E-state index in [2.05, 4.69) is 34.9 Å². The molecule has 0 aliphatic rings. The number of hydrogen-bond acceptors (Lipinski definition) is 5. The molecular formula is C16H28N4O3Si. The molecule has 0 spiro atoms. The molecule has 0 aliphatic carbocycles. The van der Waals surface area contributed by atoms with Crippen LogP contribution in [-0.2, 0) is 22.7 Å². The van der Waals surface area contributed by atoms with Crippen LogP contribution in [0.5, 0.6) is 0 Å². The van der Waals surface area contributed by atoms with Crippen molar-refractivity contribution in [3.8, 4) is 0 Å². The third-order valence-corrected chi connectivity index (χ3v) is 5.49. The Morgan fingerprint density at radius 2 is 2.12 bits per heavy atom. The molecule has 0 radical (unpaired) electrons. The van der Waals surface area contributed by atoms with Crippen LogP contribution in [-0.4, -0.2) is 49.5 Å². The summed E-state index contributed by atoms with van der Waals surface area (Å²) in [6, 6.07) is 3.04. The highest BCUT2D eigenvalue weighted by molar-refractivity contribution is 6.76. The van der Waals surface area contributed by atoms with E-state index >= 15 is 0 Å². The zero-order chi connectivity index (χ0) is 17.6. The molecule has 2 heterocycles. The Kier molecular flexibility index (Phi) is 6.73. The Balaban J connectivity index is 2.12. The Labute approximate surface area is 143 Å². The van der Waals surface area contributed by atoms with Crippen LogP contribution in [0.1, 0.15) is 5.69 Å². The van der Waals surface area contributed by atoms with E-state index in [9.17, 15) is 4.79 Å². The zero-order valence-corrected chi connectivity index (χ0v) is 16.0. The van der Waals surface area contributed by atoms with E-state index < -0.39 is 8.07 Å². The Hall–Kier alpha value is -1.48. The van der Waals surface area contributed by atoms with Crippen molar-refractivity contribution in [2.45, 2.75) is 39.0 Å². The highest BCUT2D eigenvalue weighted by atomic mass is 28.3. The van der Waals surface area contributed by atoms with E-state index in [1.807, 2.05) is 10.6 Å². The molecule has 7 nitrogen and oxygen atoms in total. The lowest BCUT2D eigenvalue weighted by Gasteiger charge is -2.16. The van der Waals surface area contributed by atoms with Crippen LogP contribution in [0.3, 0.4) is 0 Å². The number of ether oxygens (including phenoxy) is 2. The van der Waals surface area contributed by atoms with Crippen LogP contribution >= 0.6 is 0 Å². The molecule has 2 aromatic rings. The van der Waals surface area contributed by atoms with Gasteiger partial charge in [-0.05, 0) is 12.1 Å². The summed E-state index contributed by atoms with van der Waals surface area (Å²) >= 11 is 0. The lowest BCUT2D eigenvalue weighted by atomic mass is 10.4. The summed E-state index contributed by atoms with van der Waals surface area (Å²) in [5.74, 6) is 0. The van der Waals surface area contributed by atoms with Crippen molar-refractivity contribution in [2.75, 3.05) is 26.9 Å². The highest BCUT2D eigenvalue weighted by Gasteiger charge is 2.15. The van der Waals surface area contributed by atoms with Crippen LogP contribution in [0.4, 0.5) is 0 Å². The largest absolute Gasteiger partial charge is 0.383 e. The smallest absolute Gasteiger partial charge is 0.275 e. The van der Waals surface area contributed by atoms with Crippen molar-refractivity contribution in [3.63, 3.8) is 0 Å². The van der Waals surface area contributed by atoms with E-state index in [0.717, 1.165) is 18.3 Å². The van der Waals surface area contributed by atoms with Crippen molar-refractivity contribution in [3.05, 3.63) is 28.4 Å². The van der Waals surface area contributed by atoms with Crippen LogP contribution in [0, 0.1) is 0 Å². The van der Waals surface area contributed by atoms with Crippen molar-refractivity contribution >= 4 is 19.1 Å². The molecule has 8 heteroatoms. The maximum Gasteiger partial charge on any atom is 0.275 e. The molecule has 2 rings (SSSR count). The Morgan fingerprint density at radius 3 is 2.83 bits per heavy atom. The third kappa shape index (κ3) is 5.27. The van der Waals surface area contributed by atoms with Gasteiger partial charge in [0.05, 0.1) is 18.5 Å². The quantitative estimate of drug-likeness (QED) is 0.503. The standard InChI is InChI=1S/C16H28N4O3Si/c1-22-6-5-17-10-13-9-14-15(16(21)19-11-18-14)20(13)12-23-7-8-24(2,3)4/h9,11,17H,5-8,10,12H2,1-4H3,(H,18,19,21). The number of H-pyrrole nitrogens is 1. The number of fused-ring (bicyclic) bond motifs is 1. The topological polar surface area (TPSA) is 81.2 Å². The molecule has 0 unspecified atom stereocenters. The van der Waals surface area contributed by atoms with E-state index in [0.29, 0.717) is 37.5 Å². The summed E-state index contributed by atoms with van der Waals surface area (Å²) in [7, 11) is 0.547. The fourth-order valence-electron chi connectivity index (χ4n) is 2.37. The molecular weight excluding hydrogens is 324 g/mol. The minimum absolute atomic E-state index is 0.142. The number of aromatic nitrogens is 3. The average molecular weight is 353 g/mol. The van der Waals surface area contributed by atoms with Gasteiger partial charge in [-0.3, -0.25) is 4.79 Å². The molecule has 2 aromatic heterocycles. The first-order chi connectivity index (χ1) is 11.4. The van der Waals surface area contributed by atoms with Gasteiger partial charge < -0.3 is 24.3 Å². The summed E-state index contributed by atoms with van der Waals surface area (Å²) in [5, 5.41) is 3.30. The summed E-state index contributed by atoms with van der Waals surface area (Å²) in [6.45, 7) is 10.1. The number of methoxy groups -OCH3 is 1. The fraction of sp³-hybridized carbons (Fsp3) is 0.625. The normalized spacial score (nSPS) is 12.2. The lowest BCUT2D eigenvalue weighted by molar-refractivity contribution is 0.0880. The molecule has 24 heavy (non-hydrogen) atoms. The second kappa shape index (κ2) is 8.57. The number of rotatable bonds is 10. The van der Waals surface area contributed by atoms with Gasteiger partial charge >= 0.3 is 0 Å². The first kappa shape index (κ1) is 18.8. The second-order valence-corrected chi connectivity index (χ2v) is 12.7. The summed E-state index contributed by atoms with van der Waals surface area (Å²) in [4.78, 5) is 19.1. The van der Waals surface area contributed by atoms with E-state index in [1.165, 1.54) is 6.33 Å². The molecule has 0 aromatic carbocycles. The van der Waals surface area contributed by atoms with E-state index in [-0.39, 0.29) is 5.56 Å². The van der Waals surface area contributed by atoms with Gasteiger partial charge in [0.15, 0.2) is 0 Å². The predicted molar refractivity (Wildman–Crippen MR) is 98.0 cm³/mol. The van der Waals surface area contributed by atoms with Crippen LogP contribution in [0.2, 0.25) is 25.7 Å². The second-order valence-electron chi connectivity index (χ2n) is 7.05. The van der Waals surface area contributed by atoms with Gasteiger partial charge in [0.1, 0.15) is 12.2 Å². The molecule has 0 fully saturated rings. The number of aromatic amines is 1. The van der Waals surface area contributed by atoms with Gasteiger partial charge in [-0.2, -0.15) is 0 Å². The molecule has 0 amide bonds. The maximum absolute atomic E-state index is 12.2. The highest BCUT2D eigenvalue weighted by Crippen LogP contribution is 2.15. The molecule has 2 N–H and O–H groups in total. The van der Waals surface area contributed by atoms with Crippen molar-refractivity contribution in [1.82, 2.24) is 19.9 Å². The van der Waals surface area contributed by atoms with Crippen molar-refractivity contribution in [2.24, 2.45) is 0 Å². The fourth-order valence-corrected chi connectivity index (χ4v) is 3.13. The SMILES string of the molecule is COCCNCc1cc2nc[nH]c(=O)c2n1COCC[Si](C)(C)C. The molecule has 134 valence electrons. The number of nitrogens with zero attached hydrogens (tertiary/aromatic N) is 2. The first-order valence-electron chi connectivity index (χ1n) is 8.25. The van der Waals surface area contributed by atoms with Crippen molar-refractivity contribution in [1.29, 1.82) is 0 Å². The van der Waals surface area contributed by atoms with Gasteiger partial charge in [-0.25, -0.2) is 4.98 Å². The summed E-state index contributed by atoms with van der Waals surface area (Å²) < 4.78 is 12.8. The van der Waals surface area contributed by atoms with E-state index in [1.54, 1.807) is 7.11 Å². The van der Waals surface area contributed by atoms with Gasteiger partial charge in [-0.15, -0.1) is 0 Å². The predicted octanol–water partition coefficient (Wildman–Crippen LogP) is 1.77. The van der Waals surface area contributed by atoms with Gasteiger partial charge in [-0.1, -0.05) is 19.6 Å². The van der Waals surface area contributed by atoms with Gasteiger partial charge in [0.25, 0.3) is 5.56 Å². The van der Waals surface area contributed by atoms with Crippen LogP contribution < -0.4 is 10.9 Å². The minimum atomic E-state index is -1.13. The molecule has 0 aliphatic heterocycles. The third-order valence-electron chi connectivity index (χ3n) is 3.78. The summed E-state index contributed by atoms with van der Waals surface area (Å²) in [6.07, 6.45) is 1.43. The monoisotopic (exact) mass is 352 g/mol.